The first-order chi connectivity index (χ1) is 14.9. The summed E-state index contributed by atoms with van der Waals surface area (Å²) in [6.07, 6.45) is 2.40. The van der Waals surface area contributed by atoms with Crippen LogP contribution in [-0.2, 0) is 4.79 Å². The molecule has 2 heterocycles. The second kappa shape index (κ2) is 8.89. The fourth-order valence-corrected chi connectivity index (χ4v) is 4.37. The van der Waals surface area contributed by atoms with E-state index in [2.05, 4.69) is 23.9 Å². The molecule has 4 rings (SSSR count). The predicted molar refractivity (Wildman–Crippen MR) is 126 cm³/mol. The van der Waals surface area contributed by atoms with E-state index < -0.39 is 5.91 Å². The Bertz CT molecular complexity index is 1090. The number of carbonyl (C=O) groups is 1. The van der Waals surface area contributed by atoms with Crippen LogP contribution in [0.1, 0.15) is 44.4 Å². The maximum absolute atomic E-state index is 12.5. The monoisotopic (exact) mass is 432 g/mol. The van der Waals surface area contributed by atoms with Gasteiger partial charge in [0.2, 0.25) is 5.17 Å². The quantitative estimate of drug-likeness (QED) is 0.612. The molecule has 6 nitrogen and oxygen atoms in total. The number of amidine groups is 2. The molecule has 0 spiro atoms. The summed E-state index contributed by atoms with van der Waals surface area (Å²) in [5, 5.41) is 15.7. The van der Waals surface area contributed by atoms with Gasteiger partial charge in [0.1, 0.15) is 16.9 Å². The van der Waals surface area contributed by atoms with E-state index in [1.165, 1.54) is 16.8 Å². The molecule has 1 amide bonds. The van der Waals surface area contributed by atoms with E-state index in [9.17, 15) is 4.79 Å². The molecule has 2 aromatic rings. The van der Waals surface area contributed by atoms with Crippen molar-refractivity contribution in [3.05, 3.63) is 71.3 Å². The Morgan fingerprint density at radius 1 is 1.10 bits per heavy atom. The van der Waals surface area contributed by atoms with E-state index in [-0.39, 0.29) is 17.5 Å². The van der Waals surface area contributed by atoms with Crippen molar-refractivity contribution in [1.29, 1.82) is 5.41 Å². The van der Waals surface area contributed by atoms with Crippen molar-refractivity contribution in [2.75, 3.05) is 0 Å². The highest BCUT2D eigenvalue weighted by atomic mass is 32.2. The van der Waals surface area contributed by atoms with E-state index in [0.717, 1.165) is 28.3 Å². The summed E-state index contributed by atoms with van der Waals surface area (Å²) in [5.41, 5.74) is 2.12. The average Bonchev–Trinajstić information content (AvgIpc) is 3.14. The molecule has 0 fully saturated rings. The first-order valence-electron chi connectivity index (χ1n) is 10.2. The Balaban J connectivity index is 1.49. The first-order valence-corrected chi connectivity index (χ1v) is 11.0. The van der Waals surface area contributed by atoms with Gasteiger partial charge in [-0.15, -0.1) is 0 Å². The summed E-state index contributed by atoms with van der Waals surface area (Å²) in [7, 11) is 0. The van der Waals surface area contributed by atoms with E-state index >= 15 is 0 Å². The number of ether oxygens (including phenoxy) is 1. The second-order valence-electron chi connectivity index (χ2n) is 7.85. The van der Waals surface area contributed by atoms with Gasteiger partial charge in [0, 0.05) is 6.42 Å². The van der Waals surface area contributed by atoms with Crippen molar-refractivity contribution >= 4 is 39.8 Å². The van der Waals surface area contributed by atoms with Gasteiger partial charge < -0.3 is 4.74 Å². The lowest BCUT2D eigenvalue weighted by Gasteiger charge is -2.20. The molecule has 2 aliphatic rings. The highest BCUT2D eigenvalue weighted by molar-refractivity contribution is 8.26. The number of hydrazone groups is 1. The number of thioether (sulfide) groups is 1. The SMILES string of the molecule is CC(C)CC1=NN2C(=N)/C(=C/c3ccc(OC(C)c4ccccc4)cc3)C(=O)N=C2S1. The van der Waals surface area contributed by atoms with E-state index in [0.29, 0.717) is 11.1 Å². The number of hydrogen-bond donors (Lipinski definition) is 1. The Morgan fingerprint density at radius 3 is 2.48 bits per heavy atom. The normalized spacial score (nSPS) is 18.2. The lowest BCUT2D eigenvalue weighted by Crippen LogP contribution is -2.35. The number of amides is 1. The minimum absolute atomic E-state index is 0.0549. The van der Waals surface area contributed by atoms with Crippen molar-refractivity contribution in [3.8, 4) is 5.75 Å². The standard InChI is InChI=1S/C24H24N4O2S/c1-15(2)13-21-27-28-22(25)20(23(29)26-24(28)31-21)14-17-9-11-19(12-10-17)30-16(3)18-7-5-4-6-8-18/h4-12,14-16,25H,13H2,1-3H3/b20-14-,25-22?. The van der Waals surface area contributed by atoms with Crippen LogP contribution >= 0.6 is 11.8 Å². The lowest BCUT2D eigenvalue weighted by molar-refractivity contribution is -0.114. The number of nitrogens with one attached hydrogen (secondary N) is 1. The lowest BCUT2D eigenvalue weighted by atomic mass is 10.1. The summed E-state index contributed by atoms with van der Waals surface area (Å²) in [6.45, 7) is 6.22. The van der Waals surface area contributed by atoms with Crippen LogP contribution in [0, 0.1) is 11.3 Å². The molecule has 0 saturated carbocycles. The number of fused-ring (bicyclic) bond motifs is 1. The Morgan fingerprint density at radius 2 is 1.81 bits per heavy atom. The van der Waals surface area contributed by atoms with Crippen LogP contribution in [-0.4, -0.2) is 27.0 Å². The molecule has 0 saturated heterocycles. The number of aliphatic imine (C=N–C) groups is 1. The molecule has 1 atom stereocenters. The van der Waals surface area contributed by atoms with Crippen molar-refractivity contribution in [1.82, 2.24) is 5.01 Å². The molecular weight excluding hydrogens is 408 g/mol. The van der Waals surface area contributed by atoms with Gasteiger partial charge in [0.05, 0.1) is 5.57 Å². The molecular formula is C24H24N4O2S. The molecule has 0 aromatic heterocycles. The van der Waals surface area contributed by atoms with Crippen molar-refractivity contribution < 1.29 is 9.53 Å². The van der Waals surface area contributed by atoms with Crippen LogP contribution in [0.5, 0.6) is 5.75 Å². The molecule has 31 heavy (non-hydrogen) atoms. The Hall–Kier alpha value is -3.19. The zero-order valence-electron chi connectivity index (χ0n) is 17.7. The van der Waals surface area contributed by atoms with Crippen LogP contribution < -0.4 is 4.74 Å². The third-order valence-corrected chi connectivity index (χ3v) is 5.78. The maximum Gasteiger partial charge on any atom is 0.283 e. The second-order valence-corrected chi connectivity index (χ2v) is 8.89. The largest absolute Gasteiger partial charge is 0.486 e. The average molecular weight is 433 g/mol. The van der Waals surface area contributed by atoms with E-state index in [1.807, 2.05) is 61.5 Å². The predicted octanol–water partition coefficient (Wildman–Crippen LogP) is 5.49. The summed E-state index contributed by atoms with van der Waals surface area (Å²) in [5.74, 6) is 0.822. The van der Waals surface area contributed by atoms with Gasteiger partial charge in [-0.1, -0.05) is 56.3 Å². The Kier molecular flexibility index (Phi) is 6.04. The molecule has 158 valence electrons. The van der Waals surface area contributed by atoms with Gasteiger partial charge in [-0.25, -0.2) is 0 Å². The summed E-state index contributed by atoms with van der Waals surface area (Å²) in [4.78, 5) is 16.7. The van der Waals surface area contributed by atoms with Gasteiger partial charge in [-0.2, -0.15) is 15.1 Å². The topological polar surface area (TPSA) is 78.1 Å². The fourth-order valence-electron chi connectivity index (χ4n) is 3.27. The third-order valence-electron chi connectivity index (χ3n) is 4.85. The number of nitrogens with zero attached hydrogens (tertiary/aromatic N) is 3. The number of benzene rings is 2. The van der Waals surface area contributed by atoms with Crippen molar-refractivity contribution in [2.24, 2.45) is 16.0 Å². The fraction of sp³-hybridized carbons (Fsp3) is 0.250. The first kappa shape index (κ1) is 21.1. The number of hydrogen-bond acceptors (Lipinski definition) is 5. The van der Waals surface area contributed by atoms with Gasteiger partial charge in [-0.05, 0) is 53.9 Å². The molecule has 1 unspecified atom stereocenters. The van der Waals surface area contributed by atoms with E-state index in [4.69, 9.17) is 10.1 Å². The third kappa shape index (κ3) is 4.77. The Labute approximate surface area is 186 Å². The van der Waals surface area contributed by atoms with Crippen LogP contribution in [0.15, 0.2) is 70.3 Å². The van der Waals surface area contributed by atoms with Crippen molar-refractivity contribution in [3.63, 3.8) is 0 Å². The summed E-state index contributed by atoms with van der Waals surface area (Å²) < 4.78 is 6.01. The highest BCUT2D eigenvalue weighted by Gasteiger charge is 2.35. The van der Waals surface area contributed by atoms with Crippen LogP contribution in [0.3, 0.4) is 0 Å². The van der Waals surface area contributed by atoms with Crippen LogP contribution in [0.25, 0.3) is 6.08 Å². The minimum atomic E-state index is -0.414. The zero-order chi connectivity index (χ0) is 22.0. The maximum atomic E-state index is 12.5. The molecule has 0 bridgehead atoms. The van der Waals surface area contributed by atoms with Crippen LogP contribution in [0.2, 0.25) is 0 Å². The number of carbonyl (C=O) groups excluding carboxylic acids is 1. The molecule has 1 N–H and O–H groups in total. The molecule has 0 radical (unpaired) electrons. The van der Waals surface area contributed by atoms with E-state index in [1.54, 1.807) is 6.08 Å². The van der Waals surface area contributed by atoms with Gasteiger partial charge >= 0.3 is 0 Å². The highest BCUT2D eigenvalue weighted by Crippen LogP contribution is 2.31. The van der Waals surface area contributed by atoms with Gasteiger partial charge in [0.25, 0.3) is 5.91 Å². The molecule has 0 aliphatic carbocycles. The smallest absolute Gasteiger partial charge is 0.283 e. The van der Waals surface area contributed by atoms with Gasteiger partial charge in [0.15, 0.2) is 5.84 Å². The molecule has 2 aliphatic heterocycles. The minimum Gasteiger partial charge on any atom is -0.486 e. The number of rotatable bonds is 6. The summed E-state index contributed by atoms with van der Waals surface area (Å²) in [6, 6.07) is 17.5. The van der Waals surface area contributed by atoms with Crippen molar-refractivity contribution in [2.45, 2.75) is 33.3 Å². The molecule has 2 aromatic carbocycles. The molecule has 7 heteroatoms. The summed E-state index contributed by atoms with van der Waals surface area (Å²) >= 11 is 1.36. The zero-order valence-corrected chi connectivity index (χ0v) is 18.5. The van der Waals surface area contributed by atoms with Gasteiger partial charge in [-0.3, -0.25) is 10.2 Å². The van der Waals surface area contributed by atoms with Crippen LogP contribution in [0.4, 0.5) is 0 Å².